The van der Waals surface area contributed by atoms with Gasteiger partial charge < -0.3 is 14.7 Å². The summed E-state index contributed by atoms with van der Waals surface area (Å²) in [6.45, 7) is 2.38. The highest BCUT2D eigenvalue weighted by Crippen LogP contribution is 2.43. The number of carbonyl (C=O) groups is 1. The molecule has 1 atom stereocenters. The fourth-order valence-electron chi connectivity index (χ4n) is 3.09. The van der Waals surface area contributed by atoms with Gasteiger partial charge in [-0.3, -0.25) is 4.79 Å². The van der Waals surface area contributed by atoms with Crippen LogP contribution in [0.4, 0.5) is 5.69 Å². The molecule has 2 aromatic carbocycles. The van der Waals surface area contributed by atoms with Gasteiger partial charge in [-0.15, -0.1) is 0 Å². The number of fused-ring (bicyclic) bond motifs is 1. The number of halogens is 1. The average molecular weight is 332 g/mol. The highest BCUT2D eigenvalue weighted by Gasteiger charge is 2.49. The Morgan fingerprint density at radius 1 is 1.26 bits per heavy atom. The molecular weight excluding hydrogens is 314 g/mol. The molecule has 1 unspecified atom stereocenters. The molecule has 0 saturated heterocycles. The van der Waals surface area contributed by atoms with E-state index in [1.54, 1.807) is 30.2 Å². The molecule has 0 radical (unpaired) electrons. The number of hydrogen-bond donors (Lipinski definition) is 1. The maximum atomic E-state index is 12.8. The SMILES string of the molecule is CCN1C(=O)C(O)(Cc2cccc(OC)c2)c2cc(Cl)ccc21. The number of methoxy groups -OCH3 is 1. The first kappa shape index (κ1) is 15.8. The lowest BCUT2D eigenvalue weighted by molar-refractivity contribution is -0.136. The summed E-state index contributed by atoms with van der Waals surface area (Å²) in [5, 5.41) is 11.7. The van der Waals surface area contributed by atoms with Gasteiger partial charge in [-0.2, -0.15) is 0 Å². The number of ether oxygens (including phenoxy) is 1. The maximum Gasteiger partial charge on any atom is 0.264 e. The zero-order valence-corrected chi connectivity index (χ0v) is 13.8. The van der Waals surface area contributed by atoms with Crippen molar-refractivity contribution in [1.82, 2.24) is 0 Å². The Hall–Kier alpha value is -2.04. The third kappa shape index (κ3) is 2.58. The van der Waals surface area contributed by atoms with Crippen LogP contribution in [0.2, 0.25) is 5.02 Å². The Bertz CT molecular complexity index is 762. The number of likely N-dealkylation sites (N-methyl/N-ethyl adjacent to an activating group) is 1. The molecule has 1 N–H and O–H groups in total. The molecule has 0 aliphatic carbocycles. The summed E-state index contributed by atoms with van der Waals surface area (Å²) in [6.07, 6.45) is 0.173. The molecule has 0 saturated carbocycles. The summed E-state index contributed by atoms with van der Waals surface area (Å²) in [4.78, 5) is 14.4. The minimum atomic E-state index is -1.61. The number of amides is 1. The van der Waals surface area contributed by atoms with Crippen LogP contribution in [0.5, 0.6) is 5.75 Å². The van der Waals surface area contributed by atoms with Crippen LogP contribution in [0.25, 0.3) is 0 Å². The lowest BCUT2D eigenvalue weighted by atomic mass is 9.88. The van der Waals surface area contributed by atoms with Gasteiger partial charge in [0.15, 0.2) is 5.60 Å². The van der Waals surface area contributed by atoms with Gasteiger partial charge in [-0.1, -0.05) is 23.7 Å². The highest BCUT2D eigenvalue weighted by molar-refractivity contribution is 6.31. The standard InChI is InChI=1S/C18H18ClNO3/c1-3-20-16-8-7-13(19)10-15(16)18(22,17(20)21)11-12-5-4-6-14(9-12)23-2/h4-10,22H,3,11H2,1-2H3. The number of carbonyl (C=O) groups excluding carboxylic acids is 1. The first-order chi connectivity index (χ1) is 11.0. The zero-order chi connectivity index (χ0) is 16.6. The van der Waals surface area contributed by atoms with Gasteiger partial charge in [0.2, 0.25) is 0 Å². The van der Waals surface area contributed by atoms with Crippen molar-refractivity contribution in [3.63, 3.8) is 0 Å². The predicted octanol–water partition coefficient (Wildman–Crippen LogP) is 3.15. The van der Waals surface area contributed by atoms with Crippen molar-refractivity contribution >= 4 is 23.2 Å². The van der Waals surface area contributed by atoms with Gasteiger partial charge in [0.1, 0.15) is 5.75 Å². The predicted molar refractivity (Wildman–Crippen MR) is 90.1 cm³/mol. The maximum absolute atomic E-state index is 12.8. The Kier molecular flexibility index (Phi) is 4.04. The Morgan fingerprint density at radius 3 is 2.74 bits per heavy atom. The summed E-state index contributed by atoms with van der Waals surface area (Å²) in [5.41, 5.74) is 0.485. The van der Waals surface area contributed by atoms with E-state index in [0.717, 1.165) is 5.56 Å². The number of rotatable bonds is 4. The van der Waals surface area contributed by atoms with E-state index in [0.29, 0.717) is 28.6 Å². The van der Waals surface area contributed by atoms with Crippen LogP contribution in [0, 0.1) is 0 Å². The number of benzene rings is 2. The molecule has 0 bridgehead atoms. The number of aliphatic hydroxyl groups is 1. The zero-order valence-electron chi connectivity index (χ0n) is 13.0. The molecule has 1 aliphatic rings. The van der Waals surface area contributed by atoms with Gasteiger partial charge in [-0.25, -0.2) is 0 Å². The molecule has 120 valence electrons. The fraction of sp³-hybridized carbons (Fsp3) is 0.278. The lowest BCUT2D eigenvalue weighted by Gasteiger charge is -2.23. The number of nitrogens with zero attached hydrogens (tertiary/aromatic N) is 1. The van der Waals surface area contributed by atoms with Crippen molar-refractivity contribution in [2.24, 2.45) is 0 Å². The Morgan fingerprint density at radius 2 is 2.04 bits per heavy atom. The van der Waals surface area contributed by atoms with E-state index in [9.17, 15) is 9.90 Å². The summed E-state index contributed by atoms with van der Waals surface area (Å²) >= 11 is 6.08. The first-order valence-electron chi connectivity index (χ1n) is 7.47. The van der Waals surface area contributed by atoms with E-state index in [4.69, 9.17) is 16.3 Å². The van der Waals surface area contributed by atoms with E-state index in [1.165, 1.54) is 0 Å². The molecule has 0 fully saturated rings. The van der Waals surface area contributed by atoms with Crippen LogP contribution >= 0.6 is 11.6 Å². The number of hydrogen-bond acceptors (Lipinski definition) is 3. The van der Waals surface area contributed by atoms with E-state index in [-0.39, 0.29) is 12.3 Å². The Balaban J connectivity index is 2.06. The number of anilines is 1. The average Bonchev–Trinajstić information content (AvgIpc) is 2.75. The van der Waals surface area contributed by atoms with Crippen molar-refractivity contribution in [1.29, 1.82) is 0 Å². The molecule has 5 heteroatoms. The molecule has 0 spiro atoms. The molecule has 3 rings (SSSR count). The largest absolute Gasteiger partial charge is 0.497 e. The van der Waals surface area contributed by atoms with Gasteiger partial charge in [0, 0.05) is 23.6 Å². The minimum Gasteiger partial charge on any atom is -0.497 e. The molecule has 2 aromatic rings. The third-order valence-electron chi connectivity index (χ3n) is 4.20. The molecule has 1 amide bonds. The Labute approximate surface area is 140 Å². The second-order valence-corrected chi connectivity index (χ2v) is 6.04. The molecule has 1 aliphatic heterocycles. The smallest absolute Gasteiger partial charge is 0.264 e. The van der Waals surface area contributed by atoms with Gasteiger partial charge in [-0.05, 0) is 42.8 Å². The third-order valence-corrected chi connectivity index (χ3v) is 4.44. The summed E-state index contributed by atoms with van der Waals surface area (Å²) in [5.74, 6) is 0.371. The molecule has 4 nitrogen and oxygen atoms in total. The van der Waals surface area contributed by atoms with Gasteiger partial charge in [0.05, 0.1) is 12.8 Å². The highest BCUT2D eigenvalue weighted by atomic mass is 35.5. The summed E-state index contributed by atoms with van der Waals surface area (Å²) in [7, 11) is 1.59. The van der Waals surface area contributed by atoms with Crippen LogP contribution in [0.15, 0.2) is 42.5 Å². The van der Waals surface area contributed by atoms with E-state index >= 15 is 0 Å². The second-order valence-electron chi connectivity index (χ2n) is 5.60. The van der Waals surface area contributed by atoms with E-state index in [2.05, 4.69) is 0 Å². The summed E-state index contributed by atoms with van der Waals surface area (Å²) < 4.78 is 5.21. The first-order valence-corrected chi connectivity index (χ1v) is 7.84. The molecule has 0 aromatic heterocycles. The normalized spacial score (nSPS) is 19.8. The van der Waals surface area contributed by atoms with Crippen molar-refractivity contribution in [2.75, 3.05) is 18.6 Å². The quantitative estimate of drug-likeness (QED) is 0.936. The van der Waals surface area contributed by atoms with Gasteiger partial charge >= 0.3 is 0 Å². The second kappa shape index (κ2) is 5.87. The molecule has 1 heterocycles. The lowest BCUT2D eigenvalue weighted by Crippen LogP contribution is -2.41. The van der Waals surface area contributed by atoms with Crippen molar-refractivity contribution in [3.05, 3.63) is 58.6 Å². The minimum absolute atomic E-state index is 0.173. The molecular formula is C18H18ClNO3. The van der Waals surface area contributed by atoms with Crippen LogP contribution in [-0.4, -0.2) is 24.7 Å². The van der Waals surface area contributed by atoms with Crippen LogP contribution in [-0.2, 0) is 16.8 Å². The van der Waals surface area contributed by atoms with Gasteiger partial charge in [0.25, 0.3) is 5.91 Å². The van der Waals surface area contributed by atoms with E-state index < -0.39 is 5.60 Å². The monoisotopic (exact) mass is 331 g/mol. The van der Waals surface area contributed by atoms with Crippen LogP contribution < -0.4 is 9.64 Å². The van der Waals surface area contributed by atoms with Crippen LogP contribution in [0.1, 0.15) is 18.1 Å². The molecule has 23 heavy (non-hydrogen) atoms. The fourth-order valence-corrected chi connectivity index (χ4v) is 3.26. The topological polar surface area (TPSA) is 49.8 Å². The van der Waals surface area contributed by atoms with Crippen molar-refractivity contribution in [2.45, 2.75) is 18.9 Å². The van der Waals surface area contributed by atoms with Crippen molar-refractivity contribution < 1.29 is 14.6 Å². The van der Waals surface area contributed by atoms with Crippen molar-refractivity contribution in [3.8, 4) is 5.75 Å². The van der Waals surface area contributed by atoms with E-state index in [1.807, 2.05) is 31.2 Å². The van der Waals surface area contributed by atoms with Crippen LogP contribution in [0.3, 0.4) is 0 Å². The summed E-state index contributed by atoms with van der Waals surface area (Å²) in [6, 6.07) is 12.5.